The predicted octanol–water partition coefficient (Wildman–Crippen LogP) is 2.00. The van der Waals surface area contributed by atoms with E-state index in [9.17, 15) is 24.3 Å². The van der Waals surface area contributed by atoms with Crippen LogP contribution < -0.4 is 0 Å². The Hall–Kier alpha value is -3.68. The first-order valence-corrected chi connectivity index (χ1v) is 8.17. The second-order valence-electron chi connectivity index (χ2n) is 5.75. The Bertz CT molecular complexity index is 858. The van der Waals surface area contributed by atoms with E-state index in [1.54, 1.807) is 30.3 Å². The van der Waals surface area contributed by atoms with Gasteiger partial charge in [0.2, 0.25) is 12.2 Å². The van der Waals surface area contributed by atoms with Gasteiger partial charge in [-0.15, -0.1) is 0 Å². The Morgan fingerprint density at radius 2 is 1.29 bits per heavy atom. The average molecular weight is 386 g/mol. The van der Waals surface area contributed by atoms with Crippen molar-refractivity contribution in [2.24, 2.45) is 0 Å². The van der Waals surface area contributed by atoms with Crippen LogP contribution in [-0.4, -0.2) is 48.3 Å². The molecule has 0 saturated carbocycles. The molecule has 0 aliphatic carbocycles. The predicted molar refractivity (Wildman–Crippen MR) is 95.7 cm³/mol. The fourth-order valence-electron chi connectivity index (χ4n) is 2.22. The van der Waals surface area contributed by atoms with Gasteiger partial charge in [-0.1, -0.05) is 35.9 Å². The molecule has 0 saturated heterocycles. The van der Waals surface area contributed by atoms with Crippen LogP contribution in [0.3, 0.4) is 0 Å². The maximum absolute atomic E-state index is 12.3. The lowest BCUT2D eigenvalue weighted by Gasteiger charge is -2.22. The molecule has 2 aromatic carbocycles. The molecule has 0 aliphatic heterocycles. The highest BCUT2D eigenvalue weighted by atomic mass is 16.6. The molecule has 0 amide bonds. The lowest BCUT2D eigenvalue weighted by molar-refractivity contribution is -0.168. The second-order valence-corrected chi connectivity index (χ2v) is 5.75. The van der Waals surface area contributed by atoms with Crippen LogP contribution in [-0.2, 0) is 23.8 Å². The standard InChI is InChI=1S/C20H18O8/c1-12-8-10-14(11-9-12)19(24)28-16(20(25)26-2)15(17(21)22)27-18(23)13-6-4-3-5-7-13/h3-11,15-16H,1-2H3,(H,21,22)/t15-,16-/m1/s1. The number of hydrogen-bond acceptors (Lipinski definition) is 7. The molecular weight excluding hydrogens is 368 g/mol. The molecular formula is C20H18O8. The van der Waals surface area contributed by atoms with E-state index in [0.29, 0.717) is 0 Å². The molecule has 0 heterocycles. The van der Waals surface area contributed by atoms with Crippen molar-refractivity contribution in [1.82, 2.24) is 0 Å². The molecule has 0 unspecified atom stereocenters. The highest BCUT2D eigenvalue weighted by Gasteiger charge is 2.41. The summed E-state index contributed by atoms with van der Waals surface area (Å²) in [6, 6.07) is 13.8. The number of aliphatic carboxylic acids is 1. The average Bonchev–Trinajstić information content (AvgIpc) is 2.70. The lowest BCUT2D eigenvalue weighted by Crippen LogP contribution is -2.46. The van der Waals surface area contributed by atoms with Gasteiger partial charge in [0, 0.05) is 0 Å². The van der Waals surface area contributed by atoms with Crippen molar-refractivity contribution in [3.63, 3.8) is 0 Å². The molecule has 1 N–H and O–H groups in total. The third-order valence-corrected chi connectivity index (χ3v) is 3.72. The fourth-order valence-corrected chi connectivity index (χ4v) is 2.22. The van der Waals surface area contributed by atoms with Crippen LogP contribution in [0.5, 0.6) is 0 Å². The van der Waals surface area contributed by atoms with Crippen molar-refractivity contribution >= 4 is 23.9 Å². The third-order valence-electron chi connectivity index (χ3n) is 3.72. The van der Waals surface area contributed by atoms with E-state index in [-0.39, 0.29) is 11.1 Å². The first-order valence-electron chi connectivity index (χ1n) is 8.17. The molecule has 0 radical (unpaired) electrons. The number of rotatable bonds is 7. The van der Waals surface area contributed by atoms with E-state index in [1.807, 2.05) is 6.92 Å². The largest absolute Gasteiger partial charge is 0.478 e. The summed E-state index contributed by atoms with van der Waals surface area (Å²) < 4.78 is 14.5. The summed E-state index contributed by atoms with van der Waals surface area (Å²) in [6.45, 7) is 1.82. The molecule has 0 aromatic heterocycles. The summed E-state index contributed by atoms with van der Waals surface area (Å²) in [5, 5.41) is 9.43. The highest BCUT2D eigenvalue weighted by molar-refractivity contribution is 5.95. The van der Waals surface area contributed by atoms with Crippen molar-refractivity contribution in [2.45, 2.75) is 19.1 Å². The maximum Gasteiger partial charge on any atom is 0.351 e. The molecule has 0 spiro atoms. The Labute approximate surface area is 160 Å². The minimum absolute atomic E-state index is 0.0715. The first kappa shape index (κ1) is 20.6. The van der Waals surface area contributed by atoms with Gasteiger partial charge in [-0.25, -0.2) is 19.2 Å². The molecule has 2 atom stereocenters. The quantitative estimate of drug-likeness (QED) is 0.567. The Morgan fingerprint density at radius 1 is 0.786 bits per heavy atom. The van der Waals surface area contributed by atoms with Crippen LogP contribution in [0.25, 0.3) is 0 Å². The first-order chi connectivity index (χ1) is 13.3. The Kier molecular flexibility index (Phi) is 6.86. The summed E-state index contributed by atoms with van der Waals surface area (Å²) in [5.41, 5.74) is 1.06. The van der Waals surface area contributed by atoms with Gasteiger partial charge < -0.3 is 19.3 Å². The summed E-state index contributed by atoms with van der Waals surface area (Å²) in [4.78, 5) is 48.2. The van der Waals surface area contributed by atoms with Gasteiger partial charge >= 0.3 is 23.9 Å². The van der Waals surface area contributed by atoms with Gasteiger partial charge in [-0.2, -0.15) is 0 Å². The molecule has 2 rings (SSSR count). The van der Waals surface area contributed by atoms with Gasteiger partial charge in [0.25, 0.3) is 0 Å². The van der Waals surface area contributed by atoms with E-state index in [2.05, 4.69) is 4.74 Å². The lowest BCUT2D eigenvalue weighted by atomic mass is 10.1. The number of methoxy groups -OCH3 is 1. The van der Waals surface area contributed by atoms with Crippen LogP contribution in [0.2, 0.25) is 0 Å². The topological polar surface area (TPSA) is 116 Å². The number of carboxylic acids is 1. The van der Waals surface area contributed by atoms with Crippen molar-refractivity contribution in [3.8, 4) is 0 Å². The normalized spacial score (nSPS) is 12.4. The smallest absolute Gasteiger partial charge is 0.351 e. The third kappa shape index (κ3) is 5.16. The van der Waals surface area contributed by atoms with Gasteiger partial charge in [-0.3, -0.25) is 0 Å². The second kappa shape index (κ2) is 9.31. The molecule has 28 heavy (non-hydrogen) atoms. The number of hydrogen-bond donors (Lipinski definition) is 1. The van der Waals surface area contributed by atoms with Crippen LogP contribution in [0, 0.1) is 6.92 Å². The van der Waals surface area contributed by atoms with Crippen molar-refractivity contribution in [3.05, 3.63) is 71.3 Å². The van der Waals surface area contributed by atoms with Crippen molar-refractivity contribution in [2.75, 3.05) is 7.11 Å². The molecule has 8 heteroatoms. The van der Waals surface area contributed by atoms with Crippen molar-refractivity contribution in [1.29, 1.82) is 0 Å². The minimum Gasteiger partial charge on any atom is -0.478 e. The highest BCUT2D eigenvalue weighted by Crippen LogP contribution is 2.14. The number of benzene rings is 2. The summed E-state index contributed by atoms with van der Waals surface area (Å²) in [5.74, 6) is -4.80. The van der Waals surface area contributed by atoms with Gasteiger partial charge in [-0.05, 0) is 31.2 Å². The van der Waals surface area contributed by atoms with E-state index in [1.165, 1.54) is 24.3 Å². The number of carbonyl (C=O) groups excluding carboxylic acids is 3. The molecule has 0 aliphatic rings. The maximum atomic E-state index is 12.3. The molecule has 0 bridgehead atoms. The van der Waals surface area contributed by atoms with Crippen molar-refractivity contribution < 1.29 is 38.5 Å². The number of aryl methyl sites for hydroxylation is 1. The van der Waals surface area contributed by atoms with E-state index in [0.717, 1.165) is 12.7 Å². The minimum atomic E-state index is -2.09. The van der Waals surface area contributed by atoms with Gasteiger partial charge in [0.1, 0.15) is 0 Å². The summed E-state index contributed by atoms with van der Waals surface area (Å²) in [6.07, 6.45) is -4.07. The summed E-state index contributed by atoms with van der Waals surface area (Å²) >= 11 is 0. The van der Waals surface area contributed by atoms with Gasteiger partial charge in [0.15, 0.2) is 0 Å². The van der Waals surface area contributed by atoms with E-state index >= 15 is 0 Å². The van der Waals surface area contributed by atoms with Crippen LogP contribution in [0.15, 0.2) is 54.6 Å². The Balaban J connectivity index is 2.25. The van der Waals surface area contributed by atoms with E-state index in [4.69, 9.17) is 9.47 Å². The zero-order chi connectivity index (χ0) is 20.7. The number of ether oxygens (including phenoxy) is 3. The molecule has 0 fully saturated rings. The van der Waals surface area contributed by atoms with E-state index < -0.39 is 36.1 Å². The summed E-state index contributed by atoms with van der Waals surface area (Å²) in [7, 11) is 0.993. The van der Waals surface area contributed by atoms with Gasteiger partial charge in [0.05, 0.1) is 18.2 Å². The molecule has 8 nitrogen and oxygen atoms in total. The molecule has 146 valence electrons. The van der Waals surface area contributed by atoms with Crippen LogP contribution in [0.1, 0.15) is 26.3 Å². The SMILES string of the molecule is COC(=O)[C@H](OC(=O)c1ccc(C)cc1)[C@@H](OC(=O)c1ccccc1)C(=O)O. The van der Waals surface area contributed by atoms with Crippen LogP contribution in [0.4, 0.5) is 0 Å². The number of carboxylic acid groups (broad SMARTS) is 1. The Morgan fingerprint density at radius 3 is 1.79 bits per heavy atom. The zero-order valence-electron chi connectivity index (χ0n) is 15.2. The molecule has 2 aromatic rings. The fraction of sp³-hybridized carbons (Fsp3) is 0.200. The number of carbonyl (C=O) groups is 4. The monoisotopic (exact) mass is 386 g/mol. The number of esters is 3. The zero-order valence-corrected chi connectivity index (χ0v) is 15.2. The van der Waals surface area contributed by atoms with Crippen LogP contribution >= 0.6 is 0 Å².